The molecule has 5 nitrogen and oxygen atoms in total. The highest BCUT2D eigenvalue weighted by molar-refractivity contribution is 5.95. The van der Waals surface area contributed by atoms with E-state index in [9.17, 15) is 9.90 Å². The smallest absolute Gasteiger partial charge is 0.339 e. The molecule has 0 radical (unpaired) electrons. The van der Waals surface area contributed by atoms with Crippen molar-refractivity contribution in [2.75, 3.05) is 31.7 Å². The molecule has 0 bridgehead atoms. The van der Waals surface area contributed by atoms with E-state index in [2.05, 4.69) is 17.1 Å². The van der Waals surface area contributed by atoms with Crippen LogP contribution in [0.4, 0.5) is 5.69 Å². The SMILES string of the molecule is COC(=O)c1ccccc1N1CC(CO)NCC1C. The van der Waals surface area contributed by atoms with Crippen LogP contribution < -0.4 is 10.2 Å². The number of carbonyl (C=O) groups excluding carboxylic acids is 1. The first-order valence-corrected chi connectivity index (χ1v) is 6.45. The number of aliphatic hydroxyl groups is 1. The Kier molecular flexibility index (Phi) is 4.39. The predicted molar refractivity (Wildman–Crippen MR) is 73.5 cm³/mol. The molecule has 2 rings (SSSR count). The Morgan fingerprint density at radius 2 is 2.26 bits per heavy atom. The molecule has 1 fully saturated rings. The van der Waals surface area contributed by atoms with Gasteiger partial charge in [-0.15, -0.1) is 0 Å². The van der Waals surface area contributed by atoms with Gasteiger partial charge in [0.2, 0.25) is 0 Å². The van der Waals surface area contributed by atoms with Crippen molar-refractivity contribution in [3.05, 3.63) is 29.8 Å². The Labute approximate surface area is 113 Å². The number of aliphatic hydroxyl groups excluding tert-OH is 1. The fraction of sp³-hybridized carbons (Fsp3) is 0.500. The van der Waals surface area contributed by atoms with Gasteiger partial charge in [-0.3, -0.25) is 0 Å². The molecule has 1 heterocycles. The van der Waals surface area contributed by atoms with E-state index in [0.717, 1.165) is 12.2 Å². The van der Waals surface area contributed by atoms with Gasteiger partial charge in [0.15, 0.2) is 0 Å². The monoisotopic (exact) mass is 264 g/mol. The summed E-state index contributed by atoms with van der Waals surface area (Å²) in [5.41, 5.74) is 1.43. The average Bonchev–Trinajstić information content (AvgIpc) is 2.47. The minimum atomic E-state index is -0.332. The first-order chi connectivity index (χ1) is 9.17. The van der Waals surface area contributed by atoms with E-state index in [-0.39, 0.29) is 24.7 Å². The number of benzene rings is 1. The zero-order chi connectivity index (χ0) is 13.8. The number of hydrogen-bond donors (Lipinski definition) is 2. The molecule has 19 heavy (non-hydrogen) atoms. The summed E-state index contributed by atoms with van der Waals surface area (Å²) in [6, 6.07) is 7.71. The van der Waals surface area contributed by atoms with Gasteiger partial charge in [-0.25, -0.2) is 4.79 Å². The van der Waals surface area contributed by atoms with Crippen molar-refractivity contribution in [2.24, 2.45) is 0 Å². The topological polar surface area (TPSA) is 61.8 Å². The van der Waals surface area contributed by atoms with Gasteiger partial charge in [0, 0.05) is 25.2 Å². The lowest BCUT2D eigenvalue weighted by atomic mass is 10.1. The predicted octanol–water partition coefficient (Wildman–Crippen LogP) is 0.632. The second-order valence-corrected chi connectivity index (χ2v) is 4.80. The zero-order valence-corrected chi connectivity index (χ0v) is 11.3. The van der Waals surface area contributed by atoms with Crippen molar-refractivity contribution in [3.8, 4) is 0 Å². The van der Waals surface area contributed by atoms with E-state index >= 15 is 0 Å². The van der Waals surface area contributed by atoms with Gasteiger partial charge < -0.3 is 20.1 Å². The molecule has 0 spiro atoms. The molecule has 0 amide bonds. The Morgan fingerprint density at radius 3 is 2.95 bits per heavy atom. The van der Waals surface area contributed by atoms with E-state index in [4.69, 9.17) is 4.74 Å². The van der Waals surface area contributed by atoms with Gasteiger partial charge in [0.1, 0.15) is 0 Å². The number of nitrogens with one attached hydrogen (secondary N) is 1. The fourth-order valence-electron chi connectivity index (χ4n) is 2.39. The highest BCUT2D eigenvalue weighted by atomic mass is 16.5. The summed E-state index contributed by atoms with van der Waals surface area (Å²) in [5, 5.41) is 12.6. The van der Waals surface area contributed by atoms with Crippen LogP contribution in [0.25, 0.3) is 0 Å². The van der Waals surface area contributed by atoms with Gasteiger partial charge in [-0.05, 0) is 19.1 Å². The number of anilines is 1. The molecule has 2 atom stereocenters. The van der Waals surface area contributed by atoms with Crippen LogP contribution in [0.15, 0.2) is 24.3 Å². The van der Waals surface area contributed by atoms with Gasteiger partial charge >= 0.3 is 5.97 Å². The standard InChI is InChI=1S/C14H20N2O3/c1-10-7-15-11(9-17)8-16(10)13-6-4-3-5-12(13)14(18)19-2/h3-6,10-11,15,17H,7-9H2,1-2H3. The van der Waals surface area contributed by atoms with Crippen LogP contribution in [0, 0.1) is 0 Å². The van der Waals surface area contributed by atoms with Gasteiger partial charge in [-0.1, -0.05) is 12.1 Å². The normalized spacial score (nSPS) is 23.2. The number of para-hydroxylation sites is 1. The molecular weight excluding hydrogens is 244 g/mol. The third-order valence-corrected chi connectivity index (χ3v) is 3.49. The summed E-state index contributed by atoms with van der Waals surface area (Å²) >= 11 is 0. The van der Waals surface area contributed by atoms with Crippen LogP contribution in [0.3, 0.4) is 0 Å². The van der Waals surface area contributed by atoms with Crippen molar-refractivity contribution in [1.29, 1.82) is 0 Å². The van der Waals surface area contributed by atoms with Crippen LogP contribution in [0.5, 0.6) is 0 Å². The van der Waals surface area contributed by atoms with Gasteiger partial charge in [0.05, 0.1) is 25.0 Å². The minimum absolute atomic E-state index is 0.0295. The van der Waals surface area contributed by atoms with Crippen LogP contribution in [-0.4, -0.2) is 50.0 Å². The van der Waals surface area contributed by atoms with E-state index in [1.54, 1.807) is 6.07 Å². The summed E-state index contributed by atoms with van der Waals surface area (Å²) in [5.74, 6) is -0.332. The number of ether oxygens (including phenoxy) is 1. The quantitative estimate of drug-likeness (QED) is 0.784. The fourth-order valence-corrected chi connectivity index (χ4v) is 2.39. The lowest BCUT2D eigenvalue weighted by molar-refractivity contribution is 0.0601. The summed E-state index contributed by atoms with van der Waals surface area (Å²) in [6.07, 6.45) is 0. The second-order valence-electron chi connectivity index (χ2n) is 4.80. The van der Waals surface area contributed by atoms with Crippen molar-refractivity contribution in [3.63, 3.8) is 0 Å². The van der Waals surface area contributed by atoms with Crippen molar-refractivity contribution < 1.29 is 14.6 Å². The lowest BCUT2D eigenvalue weighted by Crippen LogP contribution is -2.57. The Hall–Kier alpha value is -1.59. The van der Waals surface area contributed by atoms with Crippen molar-refractivity contribution in [2.45, 2.75) is 19.0 Å². The van der Waals surface area contributed by atoms with Crippen LogP contribution in [0.2, 0.25) is 0 Å². The van der Waals surface area contributed by atoms with E-state index < -0.39 is 0 Å². The molecule has 1 aromatic rings. The molecule has 0 aliphatic carbocycles. The summed E-state index contributed by atoms with van der Waals surface area (Å²) in [4.78, 5) is 14.0. The summed E-state index contributed by atoms with van der Waals surface area (Å²) in [7, 11) is 1.39. The first kappa shape index (κ1) is 13.8. The van der Waals surface area contributed by atoms with Gasteiger partial charge in [-0.2, -0.15) is 0 Å². The number of hydrogen-bond acceptors (Lipinski definition) is 5. The molecule has 2 unspecified atom stereocenters. The van der Waals surface area contributed by atoms with Crippen LogP contribution >= 0.6 is 0 Å². The number of piperazine rings is 1. The Balaban J connectivity index is 2.31. The van der Waals surface area contributed by atoms with E-state index in [0.29, 0.717) is 12.1 Å². The Bertz CT molecular complexity index is 450. The maximum Gasteiger partial charge on any atom is 0.339 e. The molecule has 1 aliphatic heterocycles. The summed E-state index contributed by atoms with van der Waals surface area (Å²) in [6.45, 7) is 3.63. The zero-order valence-electron chi connectivity index (χ0n) is 11.3. The van der Waals surface area contributed by atoms with Crippen molar-refractivity contribution >= 4 is 11.7 Å². The molecule has 5 heteroatoms. The third-order valence-electron chi connectivity index (χ3n) is 3.49. The molecule has 2 N–H and O–H groups in total. The van der Waals surface area contributed by atoms with Gasteiger partial charge in [0.25, 0.3) is 0 Å². The average molecular weight is 264 g/mol. The maximum atomic E-state index is 11.8. The number of methoxy groups -OCH3 is 1. The number of rotatable bonds is 3. The lowest BCUT2D eigenvalue weighted by Gasteiger charge is -2.40. The first-order valence-electron chi connectivity index (χ1n) is 6.45. The molecule has 1 aromatic carbocycles. The second kappa shape index (κ2) is 6.04. The number of esters is 1. The molecule has 104 valence electrons. The van der Waals surface area contributed by atoms with Crippen molar-refractivity contribution in [1.82, 2.24) is 5.32 Å². The molecule has 0 saturated carbocycles. The third kappa shape index (κ3) is 2.88. The Morgan fingerprint density at radius 1 is 1.53 bits per heavy atom. The van der Waals surface area contributed by atoms with E-state index in [1.165, 1.54) is 7.11 Å². The largest absolute Gasteiger partial charge is 0.465 e. The number of nitrogens with zero attached hydrogens (tertiary/aromatic N) is 1. The maximum absolute atomic E-state index is 11.8. The highest BCUT2D eigenvalue weighted by Crippen LogP contribution is 2.25. The highest BCUT2D eigenvalue weighted by Gasteiger charge is 2.27. The van der Waals surface area contributed by atoms with E-state index in [1.807, 2.05) is 18.2 Å². The van der Waals surface area contributed by atoms with Crippen LogP contribution in [0.1, 0.15) is 17.3 Å². The molecule has 1 saturated heterocycles. The minimum Gasteiger partial charge on any atom is -0.465 e. The number of carbonyl (C=O) groups is 1. The molecular formula is C14H20N2O3. The summed E-state index contributed by atoms with van der Waals surface area (Å²) < 4.78 is 4.83. The van der Waals surface area contributed by atoms with Crippen LogP contribution in [-0.2, 0) is 4.74 Å². The molecule has 1 aliphatic rings. The molecule has 0 aromatic heterocycles.